The minimum atomic E-state index is -0.0337. The summed E-state index contributed by atoms with van der Waals surface area (Å²) in [5, 5.41) is 31.9. The van der Waals surface area contributed by atoms with Gasteiger partial charge in [0.15, 0.2) is 0 Å². The monoisotopic (exact) mass is 671 g/mol. The summed E-state index contributed by atoms with van der Waals surface area (Å²) in [7, 11) is 0. The zero-order chi connectivity index (χ0) is 35.9. The van der Waals surface area contributed by atoms with Crippen LogP contribution in [0.15, 0.2) is 110 Å². The number of aromatic nitrogens is 2. The van der Waals surface area contributed by atoms with Crippen LogP contribution in [0.2, 0.25) is 0 Å². The predicted octanol–water partition coefficient (Wildman–Crippen LogP) is 11.3. The van der Waals surface area contributed by atoms with Crippen LogP contribution < -0.4 is 0 Å². The quantitative estimate of drug-likeness (QED) is 0.177. The molecule has 0 saturated heterocycles. The van der Waals surface area contributed by atoms with Gasteiger partial charge in [0, 0.05) is 33.3 Å². The average molecular weight is 672 g/mol. The highest BCUT2D eigenvalue weighted by Crippen LogP contribution is 2.42. The van der Waals surface area contributed by atoms with Crippen LogP contribution in [0.3, 0.4) is 0 Å². The van der Waals surface area contributed by atoms with Crippen LogP contribution in [0.1, 0.15) is 65.9 Å². The Morgan fingerprint density at radius 3 is 2.38 bits per heavy atom. The zero-order valence-corrected chi connectivity index (χ0v) is 29.4. The third kappa shape index (κ3) is 5.29. The molecule has 0 fully saturated rings. The Hall–Kier alpha value is -6.61. The fourth-order valence-corrected chi connectivity index (χ4v) is 8.41. The molecule has 0 saturated carbocycles. The smallest absolute Gasteiger partial charge is 0.0998 e. The number of hydrogen-bond donors (Lipinski definition) is 0. The molecule has 8 rings (SSSR count). The fraction of sp³-hybridized carbons (Fsp3) is 0.170. The van der Waals surface area contributed by atoms with Crippen molar-refractivity contribution < 1.29 is 0 Å². The predicted molar refractivity (Wildman–Crippen MR) is 212 cm³/mol. The molecular formula is C47H37N5. The van der Waals surface area contributed by atoms with Crippen molar-refractivity contribution in [3.8, 4) is 35.0 Å². The standard InChI is InChI=1S/C47H37N5/c1-4-9-39-40-11-6-7-12-43(40)52(42(39)5-2)46-25-32(28-49)14-20-38(46)34-18-16-33(17-19-34)36-22-30(3)23-37(26-36)51-44-21-15-31(27-48)24-41(44)47-35(29-50)10-8-13-45(47)51/h4-14,16-20,23,25-26,30-31H,2,15,21-22,24H2,1,3H3/b9-4-. The maximum absolute atomic E-state index is 10.0. The second-order valence-electron chi connectivity index (χ2n) is 13.9. The molecule has 4 aromatic carbocycles. The van der Waals surface area contributed by atoms with Crippen LogP contribution in [0.25, 0.3) is 62.0 Å². The van der Waals surface area contributed by atoms with Gasteiger partial charge in [0.05, 0.1) is 57.7 Å². The lowest BCUT2D eigenvalue weighted by molar-refractivity contribution is 0.556. The summed E-state index contributed by atoms with van der Waals surface area (Å²) in [4.78, 5) is 0. The molecule has 0 amide bonds. The van der Waals surface area contributed by atoms with E-state index in [1.54, 1.807) is 0 Å². The van der Waals surface area contributed by atoms with E-state index in [9.17, 15) is 15.8 Å². The first kappa shape index (κ1) is 32.6. The van der Waals surface area contributed by atoms with E-state index in [4.69, 9.17) is 0 Å². The maximum Gasteiger partial charge on any atom is 0.0998 e. The van der Waals surface area contributed by atoms with Crippen LogP contribution in [0, 0.1) is 45.8 Å². The summed E-state index contributed by atoms with van der Waals surface area (Å²) in [5.74, 6) is 0.279. The highest BCUT2D eigenvalue weighted by Gasteiger charge is 2.29. The molecule has 0 N–H and O–H groups in total. The molecule has 250 valence electrons. The van der Waals surface area contributed by atoms with Gasteiger partial charge in [-0.05, 0) is 103 Å². The molecule has 52 heavy (non-hydrogen) atoms. The largest absolute Gasteiger partial charge is 0.314 e. The second-order valence-corrected chi connectivity index (χ2v) is 13.9. The van der Waals surface area contributed by atoms with E-state index in [1.165, 1.54) is 11.3 Å². The minimum absolute atomic E-state index is 0.0337. The Bertz CT molecular complexity index is 2650. The Morgan fingerprint density at radius 1 is 0.846 bits per heavy atom. The van der Waals surface area contributed by atoms with Crippen molar-refractivity contribution in [2.24, 2.45) is 11.8 Å². The molecule has 2 heterocycles. The SMILES string of the molecule is C=Cc1c(/C=C\C)c2ccccc2n1-c1cc(C#N)ccc1-c1ccc(C2=CC(n3c4c(c5c(C#N)cccc53)CC(C#N)CC4)=CC(C)C2)cc1. The zero-order valence-electron chi connectivity index (χ0n) is 29.4. The van der Waals surface area contributed by atoms with Crippen LogP contribution in [0.5, 0.6) is 0 Å². The van der Waals surface area contributed by atoms with Crippen molar-refractivity contribution in [1.29, 1.82) is 15.8 Å². The van der Waals surface area contributed by atoms with Gasteiger partial charge in [-0.15, -0.1) is 0 Å². The summed E-state index contributed by atoms with van der Waals surface area (Å²) in [6.45, 7) is 8.47. The lowest BCUT2D eigenvalue weighted by Crippen LogP contribution is -2.15. The third-order valence-electron chi connectivity index (χ3n) is 10.7. The van der Waals surface area contributed by atoms with Gasteiger partial charge in [-0.1, -0.05) is 86.3 Å². The van der Waals surface area contributed by atoms with E-state index in [-0.39, 0.29) is 5.92 Å². The van der Waals surface area contributed by atoms with Gasteiger partial charge < -0.3 is 9.13 Å². The van der Waals surface area contributed by atoms with Crippen LogP contribution in [0.4, 0.5) is 0 Å². The third-order valence-corrected chi connectivity index (χ3v) is 10.7. The normalized spacial score (nSPS) is 16.9. The second kappa shape index (κ2) is 13.3. The van der Waals surface area contributed by atoms with Crippen LogP contribution in [-0.4, -0.2) is 9.13 Å². The van der Waals surface area contributed by atoms with Crippen molar-refractivity contribution in [3.05, 3.63) is 149 Å². The topological polar surface area (TPSA) is 81.2 Å². The van der Waals surface area contributed by atoms with Gasteiger partial charge in [-0.3, -0.25) is 0 Å². The Morgan fingerprint density at radius 2 is 1.63 bits per heavy atom. The van der Waals surface area contributed by atoms with Gasteiger partial charge in [-0.25, -0.2) is 0 Å². The number of para-hydroxylation sites is 1. The number of nitriles is 3. The van der Waals surface area contributed by atoms with Crippen molar-refractivity contribution >= 4 is 45.2 Å². The molecule has 5 nitrogen and oxygen atoms in total. The van der Waals surface area contributed by atoms with Crippen LogP contribution in [-0.2, 0) is 12.8 Å². The van der Waals surface area contributed by atoms with Gasteiger partial charge >= 0.3 is 0 Å². The molecule has 6 aromatic rings. The molecule has 2 aliphatic rings. The Labute approximate surface area is 304 Å². The first-order chi connectivity index (χ1) is 25.5. The van der Waals surface area contributed by atoms with Crippen molar-refractivity contribution in [2.45, 2.75) is 39.5 Å². The Kier molecular flexibility index (Phi) is 8.31. The molecule has 5 heteroatoms. The van der Waals surface area contributed by atoms with E-state index in [1.807, 2.05) is 49.4 Å². The molecule has 0 aliphatic heterocycles. The summed E-state index contributed by atoms with van der Waals surface area (Å²) in [5.41, 5.74) is 14.4. The first-order valence-corrected chi connectivity index (χ1v) is 17.9. The molecule has 0 spiro atoms. The molecule has 0 bridgehead atoms. The minimum Gasteiger partial charge on any atom is -0.314 e. The van der Waals surface area contributed by atoms with Gasteiger partial charge in [0.1, 0.15) is 0 Å². The number of fused-ring (bicyclic) bond motifs is 4. The summed E-state index contributed by atoms with van der Waals surface area (Å²) in [6.07, 6.45) is 13.9. The summed E-state index contributed by atoms with van der Waals surface area (Å²) < 4.78 is 4.58. The fourth-order valence-electron chi connectivity index (χ4n) is 8.41. The number of benzene rings is 4. The van der Waals surface area contributed by atoms with E-state index in [2.05, 4.69) is 114 Å². The highest BCUT2D eigenvalue weighted by atomic mass is 15.0. The van der Waals surface area contributed by atoms with Gasteiger partial charge in [0.2, 0.25) is 0 Å². The first-order valence-electron chi connectivity index (χ1n) is 17.9. The van der Waals surface area contributed by atoms with Crippen molar-refractivity contribution in [1.82, 2.24) is 9.13 Å². The summed E-state index contributed by atoms with van der Waals surface area (Å²) in [6, 6.07) is 36.3. The van der Waals surface area contributed by atoms with E-state index >= 15 is 0 Å². The van der Waals surface area contributed by atoms with E-state index in [0.29, 0.717) is 23.5 Å². The molecular weight excluding hydrogens is 635 g/mol. The summed E-state index contributed by atoms with van der Waals surface area (Å²) >= 11 is 0. The lowest BCUT2D eigenvalue weighted by atomic mass is 9.86. The molecule has 2 atom stereocenters. The Balaban J connectivity index is 1.23. The number of allylic oxidation sites excluding steroid dienone is 5. The van der Waals surface area contributed by atoms with Crippen LogP contribution >= 0.6 is 0 Å². The lowest BCUT2D eigenvalue weighted by Gasteiger charge is -2.24. The number of hydrogen-bond acceptors (Lipinski definition) is 3. The number of nitrogens with zero attached hydrogens (tertiary/aromatic N) is 5. The van der Waals surface area contributed by atoms with Gasteiger partial charge in [0.25, 0.3) is 0 Å². The molecule has 0 radical (unpaired) electrons. The van der Waals surface area contributed by atoms with Crippen molar-refractivity contribution in [3.63, 3.8) is 0 Å². The van der Waals surface area contributed by atoms with Gasteiger partial charge in [-0.2, -0.15) is 15.8 Å². The van der Waals surface area contributed by atoms with Crippen molar-refractivity contribution in [2.75, 3.05) is 0 Å². The average Bonchev–Trinajstić information content (AvgIpc) is 3.69. The van der Waals surface area contributed by atoms with E-state index < -0.39 is 0 Å². The number of rotatable bonds is 6. The highest BCUT2D eigenvalue weighted by molar-refractivity contribution is 5.97. The molecule has 2 aliphatic carbocycles. The maximum atomic E-state index is 10.0. The molecule has 2 aromatic heterocycles. The molecule has 2 unspecified atom stereocenters. The van der Waals surface area contributed by atoms with E-state index in [0.717, 1.165) is 86.0 Å².